The molecule has 0 aromatic heterocycles. The van der Waals surface area contributed by atoms with Gasteiger partial charge in [-0.2, -0.15) is 0 Å². The molecule has 1 heterocycles. The highest BCUT2D eigenvalue weighted by atomic mass is 35.5. The zero-order chi connectivity index (χ0) is 23.8. The average Bonchev–Trinajstić information content (AvgIpc) is 2.86. The molecule has 1 aliphatic heterocycles. The third-order valence-electron chi connectivity index (χ3n) is 6.53. The molecule has 35 heavy (non-hydrogen) atoms. The number of benzene rings is 3. The standard InChI is InChI=1S/C28H33F2N3O.ClH/c29-24-10-6-22(7-11-24)28(23-8-12-25(30)13-9-23)14-15-32-16-18-33(19-17-32)21-27(34)20-31-26-4-2-1-3-5-26;/h1-13,27-28,31,34H,14-21H2;1H. The van der Waals surface area contributed by atoms with Crippen molar-refractivity contribution in [3.8, 4) is 0 Å². The molecule has 0 spiro atoms. The van der Waals surface area contributed by atoms with E-state index in [-0.39, 0.29) is 30.0 Å². The van der Waals surface area contributed by atoms with Crippen molar-refractivity contribution in [2.45, 2.75) is 18.4 Å². The molecule has 0 amide bonds. The monoisotopic (exact) mass is 501 g/mol. The Kier molecular flexibility index (Phi) is 10.5. The molecule has 188 valence electrons. The molecular formula is C28H34ClF2N3O. The van der Waals surface area contributed by atoms with Gasteiger partial charge in [-0.15, -0.1) is 12.4 Å². The Morgan fingerprint density at radius 3 is 1.80 bits per heavy atom. The van der Waals surface area contributed by atoms with Crippen molar-refractivity contribution < 1.29 is 13.9 Å². The quantitative estimate of drug-likeness (QED) is 0.410. The molecule has 3 aromatic rings. The summed E-state index contributed by atoms with van der Waals surface area (Å²) in [7, 11) is 0. The van der Waals surface area contributed by atoms with Crippen molar-refractivity contribution in [2.24, 2.45) is 0 Å². The summed E-state index contributed by atoms with van der Waals surface area (Å²) in [6.07, 6.45) is 0.453. The van der Waals surface area contributed by atoms with Crippen molar-refractivity contribution in [3.63, 3.8) is 0 Å². The molecule has 1 fully saturated rings. The molecular weight excluding hydrogens is 468 g/mol. The number of nitrogens with zero attached hydrogens (tertiary/aromatic N) is 2. The van der Waals surface area contributed by atoms with E-state index in [4.69, 9.17) is 0 Å². The largest absolute Gasteiger partial charge is 0.390 e. The number of anilines is 1. The van der Waals surface area contributed by atoms with Crippen LogP contribution in [0.5, 0.6) is 0 Å². The number of rotatable bonds is 10. The van der Waals surface area contributed by atoms with Gasteiger partial charge < -0.3 is 15.3 Å². The predicted molar refractivity (Wildman–Crippen MR) is 140 cm³/mol. The van der Waals surface area contributed by atoms with Gasteiger partial charge in [-0.1, -0.05) is 42.5 Å². The van der Waals surface area contributed by atoms with E-state index >= 15 is 0 Å². The molecule has 4 rings (SSSR count). The van der Waals surface area contributed by atoms with Gasteiger partial charge in [0, 0.05) is 50.9 Å². The van der Waals surface area contributed by atoms with Crippen LogP contribution in [0, 0.1) is 11.6 Å². The molecule has 1 aliphatic rings. The van der Waals surface area contributed by atoms with Crippen LogP contribution in [0.2, 0.25) is 0 Å². The van der Waals surface area contributed by atoms with E-state index in [0.717, 1.165) is 56.0 Å². The van der Waals surface area contributed by atoms with Crippen LogP contribution in [0.15, 0.2) is 78.9 Å². The van der Waals surface area contributed by atoms with E-state index in [9.17, 15) is 13.9 Å². The topological polar surface area (TPSA) is 38.7 Å². The second kappa shape index (κ2) is 13.5. The fourth-order valence-electron chi connectivity index (χ4n) is 4.58. The van der Waals surface area contributed by atoms with Crippen LogP contribution < -0.4 is 5.32 Å². The molecule has 2 N–H and O–H groups in total. The first-order valence-corrected chi connectivity index (χ1v) is 12.0. The lowest BCUT2D eigenvalue weighted by molar-refractivity contribution is 0.0775. The maximum atomic E-state index is 13.5. The van der Waals surface area contributed by atoms with Gasteiger partial charge >= 0.3 is 0 Å². The third kappa shape index (κ3) is 8.29. The van der Waals surface area contributed by atoms with Gasteiger partial charge in [-0.3, -0.25) is 4.90 Å². The van der Waals surface area contributed by atoms with Crippen LogP contribution in [0.25, 0.3) is 0 Å². The maximum Gasteiger partial charge on any atom is 0.123 e. The Balaban J connectivity index is 0.00000342. The summed E-state index contributed by atoms with van der Waals surface area (Å²) in [4.78, 5) is 4.75. The van der Waals surface area contributed by atoms with Crippen LogP contribution in [-0.4, -0.2) is 66.8 Å². The number of aliphatic hydroxyl groups is 1. The Bertz CT molecular complexity index is 951. The van der Waals surface area contributed by atoms with E-state index in [1.165, 1.54) is 24.3 Å². The van der Waals surface area contributed by atoms with Crippen molar-refractivity contribution in [1.82, 2.24) is 9.80 Å². The molecule has 0 aliphatic carbocycles. The van der Waals surface area contributed by atoms with Gasteiger partial charge in [0.2, 0.25) is 0 Å². The summed E-state index contributed by atoms with van der Waals surface area (Å²) in [6.45, 7) is 5.81. The number of piperazine rings is 1. The number of β-amino-alcohol motifs (C(OH)–C–C–N with tert-alkyl or cyclic N) is 1. The first-order chi connectivity index (χ1) is 16.6. The van der Waals surface area contributed by atoms with Crippen LogP contribution in [-0.2, 0) is 0 Å². The van der Waals surface area contributed by atoms with Crippen LogP contribution in [0.4, 0.5) is 14.5 Å². The second-order valence-electron chi connectivity index (χ2n) is 8.99. The lowest BCUT2D eigenvalue weighted by Crippen LogP contribution is -2.49. The molecule has 0 radical (unpaired) electrons. The van der Waals surface area contributed by atoms with Crippen LogP contribution in [0.1, 0.15) is 23.5 Å². The minimum absolute atomic E-state index is 0. The van der Waals surface area contributed by atoms with E-state index in [2.05, 4.69) is 15.1 Å². The van der Waals surface area contributed by atoms with Crippen molar-refractivity contribution in [3.05, 3.63) is 102 Å². The predicted octanol–water partition coefficient (Wildman–Crippen LogP) is 5.00. The third-order valence-corrected chi connectivity index (χ3v) is 6.53. The molecule has 1 saturated heterocycles. The molecule has 4 nitrogen and oxygen atoms in total. The second-order valence-corrected chi connectivity index (χ2v) is 8.99. The van der Waals surface area contributed by atoms with E-state index < -0.39 is 6.10 Å². The Hall–Kier alpha value is -2.51. The number of hydrogen-bond acceptors (Lipinski definition) is 4. The van der Waals surface area contributed by atoms with Crippen LogP contribution >= 0.6 is 12.4 Å². The highest BCUT2D eigenvalue weighted by Gasteiger charge is 2.21. The van der Waals surface area contributed by atoms with E-state index in [0.29, 0.717) is 13.1 Å². The summed E-state index contributed by atoms with van der Waals surface area (Å²) < 4.78 is 26.9. The maximum absolute atomic E-state index is 13.5. The zero-order valence-electron chi connectivity index (χ0n) is 19.8. The summed E-state index contributed by atoms with van der Waals surface area (Å²) in [5.74, 6) is -0.414. The van der Waals surface area contributed by atoms with Gasteiger partial charge in [0.15, 0.2) is 0 Å². The van der Waals surface area contributed by atoms with Gasteiger partial charge in [0.25, 0.3) is 0 Å². The zero-order valence-corrected chi connectivity index (χ0v) is 20.6. The molecule has 0 bridgehead atoms. The molecule has 1 unspecified atom stereocenters. The summed E-state index contributed by atoms with van der Waals surface area (Å²) in [6, 6.07) is 23.2. The van der Waals surface area contributed by atoms with Gasteiger partial charge in [0.05, 0.1) is 6.10 Å². The fraction of sp³-hybridized carbons (Fsp3) is 0.357. The minimum Gasteiger partial charge on any atom is -0.390 e. The summed E-state index contributed by atoms with van der Waals surface area (Å²) in [5, 5.41) is 13.7. The lowest BCUT2D eigenvalue weighted by Gasteiger charge is -2.36. The Morgan fingerprint density at radius 1 is 0.743 bits per heavy atom. The molecule has 3 aromatic carbocycles. The highest BCUT2D eigenvalue weighted by molar-refractivity contribution is 5.85. The average molecular weight is 502 g/mol. The summed E-state index contributed by atoms with van der Waals surface area (Å²) >= 11 is 0. The summed E-state index contributed by atoms with van der Waals surface area (Å²) in [5.41, 5.74) is 3.10. The minimum atomic E-state index is -0.423. The van der Waals surface area contributed by atoms with Gasteiger partial charge in [-0.25, -0.2) is 8.78 Å². The van der Waals surface area contributed by atoms with Crippen molar-refractivity contribution in [2.75, 3.05) is 51.1 Å². The smallest absolute Gasteiger partial charge is 0.123 e. The van der Waals surface area contributed by atoms with Crippen molar-refractivity contribution in [1.29, 1.82) is 0 Å². The normalized spacial score (nSPS) is 15.5. The number of nitrogens with one attached hydrogen (secondary N) is 1. The first kappa shape index (κ1) is 27.1. The Morgan fingerprint density at radius 2 is 1.26 bits per heavy atom. The van der Waals surface area contributed by atoms with Gasteiger partial charge in [-0.05, 0) is 60.5 Å². The number of halogens is 3. The number of hydrogen-bond donors (Lipinski definition) is 2. The van der Waals surface area contributed by atoms with Gasteiger partial charge in [0.1, 0.15) is 11.6 Å². The lowest BCUT2D eigenvalue weighted by atomic mass is 9.88. The molecule has 1 atom stereocenters. The van der Waals surface area contributed by atoms with Crippen LogP contribution in [0.3, 0.4) is 0 Å². The number of aliphatic hydroxyl groups excluding tert-OH is 1. The first-order valence-electron chi connectivity index (χ1n) is 12.0. The van der Waals surface area contributed by atoms with Crippen molar-refractivity contribution >= 4 is 18.1 Å². The van der Waals surface area contributed by atoms with E-state index in [1.807, 2.05) is 54.6 Å². The number of para-hydroxylation sites is 1. The molecule has 0 saturated carbocycles. The fourth-order valence-corrected chi connectivity index (χ4v) is 4.58. The molecule has 7 heteroatoms. The Labute approximate surface area is 213 Å². The highest BCUT2D eigenvalue weighted by Crippen LogP contribution is 2.29. The SMILES string of the molecule is Cl.OC(CNc1ccccc1)CN1CCN(CCC(c2ccc(F)cc2)c2ccc(F)cc2)CC1. The van der Waals surface area contributed by atoms with E-state index in [1.54, 1.807) is 0 Å².